The SMILES string of the molecule is C1=CN(c2ncccn2)NO1. The Morgan fingerprint density at radius 1 is 1.36 bits per heavy atom. The van der Waals surface area contributed by atoms with Crippen LogP contribution in [-0.2, 0) is 4.84 Å². The molecule has 0 spiro atoms. The summed E-state index contributed by atoms with van der Waals surface area (Å²) in [4.78, 5) is 12.7. The van der Waals surface area contributed by atoms with Gasteiger partial charge in [-0.2, -0.15) is 0 Å². The van der Waals surface area contributed by atoms with Crippen LogP contribution in [0.25, 0.3) is 0 Å². The summed E-state index contributed by atoms with van der Waals surface area (Å²) in [5.41, 5.74) is 2.57. The van der Waals surface area contributed by atoms with E-state index in [1.165, 1.54) is 6.26 Å². The normalized spacial score (nSPS) is 15.1. The van der Waals surface area contributed by atoms with E-state index in [9.17, 15) is 0 Å². The van der Waals surface area contributed by atoms with Gasteiger partial charge in [0.05, 0.1) is 6.20 Å². The van der Waals surface area contributed by atoms with E-state index in [1.807, 2.05) is 0 Å². The van der Waals surface area contributed by atoms with Crippen LogP contribution in [0.15, 0.2) is 30.9 Å². The molecule has 11 heavy (non-hydrogen) atoms. The zero-order chi connectivity index (χ0) is 7.52. The van der Waals surface area contributed by atoms with Crippen LogP contribution in [0.4, 0.5) is 5.95 Å². The van der Waals surface area contributed by atoms with Crippen molar-refractivity contribution in [3.8, 4) is 0 Å². The Morgan fingerprint density at radius 2 is 2.18 bits per heavy atom. The second-order valence-corrected chi connectivity index (χ2v) is 1.91. The van der Waals surface area contributed by atoms with Gasteiger partial charge in [-0.05, 0) is 6.07 Å². The molecule has 0 aromatic carbocycles. The molecule has 1 aromatic rings. The molecule has 2 rings (SSSR count). The van der Waals surface area contributed by atoms with E-state index in [1.54, 1.807) is 29.7 Å². The highest BCUT2D eigenvalue weighted by atomic mass is 16.7. The Morgan fingerprint density at radius 3 is 2.82 bits per heavy atom. The molecule has 0 bridgehead atoms. The van der Waals surface area contributed by atoms with Gasteiger partial charge in [0.1, 0.15) is 6.26 Å². The number of hydrogen-bond acceptors (Lipinski definition) is 5. The number of hydrazine groups is 1. The average molecular weight is 150 g/mol. The summed E-state index contributed by atoms with van der Waals surface area (Å²) >= 11 is 0. The lowest BCUT2D eigenvalue weighted by molar-refractivity contribution is 0.157. The third-order valence-corrected chi connectivity index (χ3v) is 1.20. The van der Waals surface area contributed by atoms with Crippen molar-refractivity contribution < 1.29 is 4.84 Å². The van der Waals surface area contributed by atoms with E-state index in [4.69, 9.17) is 4.84 Å². The van der Waals surface area contributed by atoms with E-state index in [-0.39, 0.29) is 0 Å². The minimum Gasteiger partial charge on any atom is -0.395 e. The van der Waals surface area contributed by atoms with Gasteiger partial charge in [-0.1, -0.05) is 5.59 Å². The predicted molar refractivity (Wildman–Crippen MR) is 37.9 cm³/mol. The topological polar surface area (TPSA) is 50.3 Å². The highest BCUT2D eigenvalue weighted by Crippen LogP contribution is 2.05. The van der Waals surface area contributed by atoms with Gasteiger partial charge >= 0.3 is 0 Å². The monoisotopic (exact) mass is 150 g/mol. The van der Waals surface area contributed by atoms with Crippen LogP contribution in [0.3, 0.4) is 0 Å². The van der Waals surface area contributed by atoms with Crippen molar-refractivity contribution in [3.05, 3.63) is 30.9 Å². The minimum absolute atomic E-state index is 0.557. The maximum Gasteiger partial charge on any atom is 0.246 e. The summed E-state index contributed by atoms with van der Waals surface area (Å²) in [6.07, 6.45) is 6.53. The van der Waals surface area contributed by atoms with E-state index in [0.29, 0.717) is 5.95 Å². The maximum atomic E-state index is 4.73. The van der Waals surface area contributed by atoms with Gasteiger partial charge in [-0.3, -0.25) is 0 Å². The first kappa shape index (κ1) is 6.11. The Bertz CT molecular complexity index is 261. The molecule has 0 fully saturated rings. The standard InChI is InChI=1S/C6H6N4O/c1-2-7-6(8-3-1)10-4-5-11-9-10/h1-5,9H. The third-order valence-electron chi connectivity index (χ3n) is 1.20. The summed E-state index contributed by atoms with van der Waals surface area (Å²) in [5.74, 6) is 0.557. The minimum atomic E-state index is 0.557. The average Bonchev–Trinajstić information content (AvgIpc) is 2.58. The van der Waals surface area contributed by atoms with Crippen molar-refractivity contribution >= 4 is 5.95 Å². The van der Waals surface area contributed by atoms with Gasteiger partial charge in [0.15, 0.2) is 0 Å². The molecule has 1 N–H and O–H groups in total. The van der Waals surface area contributed by atoms with E-state index in [0.717, 1.165) is 0 Å². The molecule has 0 atom stereocenters. The molecule has 5 nitrogen and oxygen atoms in total. The van der Waals surface area contributed by atoms with Crippen LogP contribution in [0, 0.1) is 0 Å². The van der Waals surface area contributed by atoms with Crippen LogP contribution >= 0.6 is 0 Å². The lowest BCUT2D eigenvalue weighted by Crippen LogP contribution is -2.28. The number of rotatable bonds is 1. The second kappa shape index (κ2) is 2.55. The molecule has 0 saturated carbocycles. The third kappa shape index (κ3) is 1.13. The van der Waals surface area contributed by atoms with Crippen molar-refractivity contribution in [2.24, 2.45) is 0 Å². The van der Waals surface area contributed by atoms with Crippen molar-refractivity contribution in [2.75, 3.05) is 5.01 Å². The van der Waals surface area contributed by atoms with Gasteiger partial charge in [-0.25, -0.2) is 15.0 Å². The lowest BCUT2D eigenvalue weighted by Gasteiger charge is -2.09. The maximum absolute atomic E-state index is 4.73. The van der Waals surface area contributed by atoms with Crippen LogP contribution in [0.5, 0.6) is 0 Å². The van der Waals surface area contributed by atoms with Crippen molar-refractivity contribution in [1.29, 1.82) is 0 Å². The molecule has 5 heteroatoms. The first-order chi connectivity index (χ1) is 5.47. The fourth-order valence-electron chi connectivity index (χ4n) is 0.732. The summed E-state index contributed by atoms with van der Waals surface area (Å²) < 4.78 is 0. The molecule has 0 unspecified atom stereocenters. The van der Waals surface area contributed by atoms with Gasteiger partial charge in [0.2, 0.25) is 5.95 Å². The number of anilines is 1. The molecule has 0 amide bonds. The molecule has 1 aliphatic heterocycles. The van der Waals surface area contributed by atoms with Crippen LogP contribution in [0.1, 0.15) is 0 Å². The highest BCUT2D eigenvalue weighted by molar-refractivity contribution is 5.31. The second-order valence-electron chi connectivity index (χ2n) is 1.91. The van der Waals surface area contributed by atoms with E-state index in [2.05, 4.69) is 15.6 Å². The molecule has 1 aliphatic rings. The van der Waals surface area contributed by atoms with E-state index < -0.39 is 0 Å². The Balaban J connectivity index is 2.23. The molecule has 1 aromatic heterocycles. The molecule has 0 radical (unpaired) electrons. The zero-order valence-electron chi connectivity index (χ0n) is 5.64. The molecule has 0 aliphatic carbocycles. The quantitative estimate of drug-likeness (QED) is 0.619. The molecular weight excluding hydrogens is 144 g/mol. The molecule has 0 saturated heterocycles. The number of hydrogen-bond donors (Lipinski definition) is 1. The highest BCUT2D eigenvalue weighted by Gasteiger charge is 2.08. The van der Waals surface area contributed by atoms with Gasteiger partial charge in [0.25, 0.3) is 0 Å². The van der Waals surface area contributed by atoms with Crippen molar-refractivity contribution in [2.45, 2.75) is 0 Å². The van der Waals surface area contributed by atoms with Gasteiger partial charge in [0, 0.05) is 12.4 Å². The molecule has 56 valence electrons. The fraction of sp³-hybridized carbons (Fsp3) is 0. The lowest BCUT2D eigenvalue weighted by atomic mass is 10.7. The predicted octanol–water partition coefficient (Wildman–Crippen LogP) is 0.204. The summed E-state index contributed by atoms with van der Waals surface area (Å²) in [6.45, 7) is 0. The number of aromatic nitrogens is 2. The Labute approximate surface area is 63.3 Å². The van der Waals surface area contributed by atoms with Crippen molar-refractivity contribution in [3.63, 3.8) is 0 Å². The molecular formula is C6H6N4O. The summed E-state index contributed by atoms with van der Waals surface area (Å²) in [7, 11) is 0. The Kier molecular flexibility index (Phi) is 1.42. The van der Waals surface area contributed by atoms with Gasteiger partial charge < -0.3 is 4.84 Å². The fourth-order valence-corrected chi connectivity index (χ4v) is 0.732. The van der Waals surface area contributed by atoms with E-state index >= 15 is 0 Å². The van der Waals surface area contributed by atoms with Crippen LogP contribution < -0.4 is 10.6 Å². The summed E-state index contributed by atoms with van der Waals surface area (Å²) in [5, 5.41) is 1.57. The zero-order valence-corrected chi connectivity index (χ0v) is 5.64. The van der Waals surface area contributed by atoms with Crippen molar-refractivity contribution in [1.82, 2.24) is 15.6 Å². The largest absolute Gasteiger partial charge is 0.395 e. The first-order valence-corrected chi connectivity index (χ1v) is 3.11. The molecule has 2 heterocycles. The number of nitrogens with zero attached hydrogens (tertiary/aromatic N) is 3. The van der Waals surface area contributed by atoms with Crippen LogP contribution in [-0.4, -0.2) is 9.97 Å². The summed E-state index contributed by atoms with van der Waals surface area (Å²) in [6, 6.07) is 1.75. The van der Waals surface area contributed by atoms with Crippen LogP contribution in [0.2, 0.25) is 0 Å². The van der Waals surface area contributed by atoms with Gasteiger partial charge in [-0.15, -0.1) is 0 Å². The Hall–Kier alpha value is -1.62. The first-order valence-electron chi connectivity index (χ1n) is 3.11. The smallest absolute Gasteiger partial charge is 0.246 e. The number of nitrogens with one attached hydrogen (secondary N) is 1.